The molecule has 2 N–H and O–H groups in total. The van der Waals surface area contributed by atoms with E-state index >= 15 is 0 Å². The van der Waals surface area contributed by atoms with E-state index in [9.17, 15) is 21.6 Å². The molecule has 0 aliphatic carbocycles. The zero-order chi connectivity index (χ0) is 25.9. The Balaban J connectivity index is 1.56. The van der Waals surface area contributed by atoms with Crippen LogP contribution in [0, 0.1) is 6.92 Å². The standard InChI is InChI=1S/C25H27N3O6S2/c1-18-16-19(10-12-22(18)27-35(30,31)20-8-4-3-5-9-20)25(29)26-23-17-21(11-13-24(23)34-2)36(32,33)28-14-6-7-15-28/h3-5,8-13,16-17,27H,6-7,14-15H2,1-2H3,(H,26,29). The lowest BCUT2D eigenvalue weighted by Crippen LogP contribution is -2.28. The predicted molar refractivity (Wildman–Crippen MR) is 137 cm³/mol. The Labute approximate surface area is 211 Å². The summed E-state index contributed by atoms with van der Waals surface area (Å²) >= 11 is 0. The first-order valence-corrected chi connectivity index (χ1v) is 14.2. The van der Waals surface area contributed by atoms with Gasteiger partial charge in [0.25, 0.3) is 15.9 Å². The van der Waals surface area contributed by atoms with Crippen molar-refractivity contribution in [3.63, 3.8) is 0 Å². The lowest BCUT2D eigenvalue weighted by molar-refractivity contribution is 0.102. The largest absolute Gasteiger partial charge is 0.495 e. The molecule has 4 rings (SSSR count). The molecule has 1 heterocycles. The molecular weight excluding hydrogens is 502 g/mol. The second-order valence-electron chi connectivity index (χ2n) is 8.38. The number of rotatable bonds is 8. The average Bonchev–Trinajstić information content (AvgIpc) is 3.42. The Morgan fingerprint density at radius 2 is 1.56 bits per heavy atom. The summed E-state index contributed by atoms with van der Waals surface area (Å²) in [5.41, 5.74) is 1.37. The fraction of sp³-hybridized carbons (Fsp3) is 0.240. The molecule has 0 unspecified atom stereocenters. The van der Waals surface area contributed by atoms with E-state index in [1.165, 1.54) is 53.9 Å². The highest BCUT2D eigenvalue weighted by Gasteiger charge is 2.28. The summed E-state index contributed by atoms with van der Waals surface area (Å²) in [4.78, 5) is 13.2. The van der Waals surface area contributed by atoms with Crippen molar-refractivity contribution in [1.82, 2.24) is 4.31 Å². The van der Waals surface area contributed by atoms with Crippen molar-refractivity contribution >= 4 is 37.3 Å². The number of amides is 1. The van der Waals surface area contributed by atoms with Crippen LogP contribution in [-0.4, -0.2) is 47.2 Å². The van der Waals surface area contributed by atoms with Gasteiger partial charge in [0.15, 0.2) is 0 Å². The highest BCUT2D eigenvalue weighted by Crippen LogP contribution is 2.31. The molecule has 11 heteroatoms. The van der Waals surface area contributed by atoms with Crippen molar-refractivity contribution < 1.29 is 26.4 Å². The molecule has 1 amide bonds. The smallest absolute Gasteiger partial charge is 0.261 e. The Kier molecular flexibility index (Phi) is 7.34. The normalized spacial score (nSPS) is 14.4. The van der Waals surface area contributed by atoms with Gasteiger partial charge in [0, 0.05) is 18.7 Å². The maximum Gasteiger partial charge on any atom is 0.261 e. The maximum atomic E-state index is 13.0. The lowest BCUT2D eigenvalue weighted by atomic mass is 10.1. The second kappa shape index (κ2) is 10.3. The van der Waals surface area contributed by atoms with Crippen molar-refractivity contribution in [3.8, 4) is 5.75 Å². The average molecular weight is 530 g/mol. The summed E-state index contributed by atoms with van der Waals surface area (Å²) < 4.78 is 60.5. The summed E-state index contributed by atoms with van der Waals surface area (Å²) in [6.07, 6.45) is 1.63. The van der Waals surface area contributed by atoms with Gasteiger partial charge in [0.05, 0.1) is 28.3 Å². The van der Waals surface area contributed by atoms with Gasteiger partial charge in [-0.05, 0) is 73.9 Å². The van der Waals surface area contributed by atoms with Gasteiger partial charge in [-0.3, -0.25) is 9.52 Å². The van der Waals surface area contributed by atoms with Crippen molar-refractivity contribution in [2.75, 3.05) is 30.2 Å². The number of ether oxygens (including phenoxy) is 1. The van der Waals surface area contributed by atoms with Crippen molar-refractivity contribution in [2.45, 2.75) is 29.6 Å². The molecule has 36 heavy (non-hydrogen) atoms. The first kappa shape index (κ1) is 25.7. The number of carbonyl (C=O) groups is 1. The van der Waals surface area contributed by atoms with Gasteiger partial charge < -0.3 is 10.1 Å². The fourth-order valence-electron chi connectivity index (χ4n) is 3.94. The van der Waals surface area contributed by atoms with E-state index in [0.29, 0.717) is 30.1 Å². The Bertz CT molecular complexity index is 1480. The first-order chi connectivity index (χ1) is 17.1. The van der Waals surface area contributed by atoms with E-state index in [2.05, 4.69) is 10.0 Å². The van der Waals surface area contributed by atoms with Gasteiger partial charge in [0.2, 0.25) is 10.0 Å². The minimum atomic E-state index is -3.78. The monoisotopic (exact) mass is 529 g/mol. The molecule has 9 nitrogen and oxygen atoms in total. The molecule has 190 valence electrons. The van der Waals surface area contributed by atoms with Crippen LogP contribution in [0.3, 0.4) is 0 Å². The Hall–Kier alpha value is -3.41. The summed E-state index contributed by atoms with van der Waals surface area (Å²) in [5.74, 6) is -0.183. The number of nitrogens with one attached hydrogen (secondary N) is 2. The molecule has 3 aromatic rings. The highest BCUT2D eigenvalue weighted by molar-refractivity contribution is 7.92. The van der Waals surface area contributed by atoms with E-state index in [0.717, 1.165) is 12.8 Å². The predicted octanol–water partition coefficient (Wildman–Crippen LogP) is 3.84. The third-order valence-electron chi connectivity index (χ3n) is 5.91. The number of hydrogen-bond acceptors (Lipinski definition) is 6. The zero-order valence-corrected chi connectivity index (χ0v) is 21.5. The van der Waals surface area contributed by atoms with E-state index in [1.54, 1.807) is 31.2 Å². The van der Waals surface area contributed by atoms with E-state index in [-0.39, 0.29) is 21.0 Å². The molecule has 1 aliphatic rings. The van der Waals surface area contributed by atoms with Crippen LogP contribution in [0.25, 0.3) is 0 Å². The van der Waals surface area contributed by atoms with Crippen LogP contribution < -0.4 is 14.8 Å². The van der Waals surface area contributed by atoms with Gasteiger partial charge >= 0.3 is 0 Å². The first-order valence-electron chi connectivity index (χ1n) is 11.3. The van der Waals surface area contributed by atoms with Gasteiger partial charge in [-0.15, -0.1) is 0 Å². The zero-order valence-electron chi connectivity index (χ0n) is 19.9. The molecule has 3 aromatic carbocycles. The van der Waals surface area contributed by atoms with Crippen molar-refractivity contribution in [1.29, 1.82) is 0 Å². The van der Waals surface area contributed by atoms with Crippen LogP contribution >= 0.6 is 0 Å². The lowest BCUT2D eigenvalue weighted by Gasteiger charge is -2.18. The molecule has 0 aromatic heterocycles. The number of hydrogen-bond donors (Lipinski definition) is 2. The highest BCUT2D eigenvalue weighted by atomic mass is 32.2. The fourth-order valence-corrected chi connectivity index (χ4v) is 6.64. The number of nitrogens with zero attached hydrogens (tertiary/aromatic N) is 1. The molecule has 1 aliphatic heterocycles. The third-order valence-corrected chi connectivity index (χ3v) is 9.18. The minimum Gasteiger partial charge on any atom is -0.495 e. The van der Waals surface area contributed by atoms with Crippen LogP contribution in [0.1, 0.15) is 28.8 Å². The van der Waals surface area contributed by atoms with E-state index in [1.807, 2.05) is 0 Å². The molecule has 1 fully saturated rings. The molecule has 0 radical (unpaired) electrons. The number of sulfonamides is 2. The van der Waals surface area contributed by atoms with Crippen LogP contribution in [0.5, 0.6) is 5.75 Å². The topological polar surface area (TPSA) is 122 Å². The van der Waals surface area contributed by atoms with Gasteiger partial charge in [-0.25, -0.2) is 16.8 Å². The maximum absolute atomic E-state index is 13.0. The number of aryl methyl sites for hydroxylation is 1. The Morgan fingerprint density at radius 1 is 0.861 bits per heavy atom. The van der Waals surface area contributed by atoms with Crippen LogP contribution in [-0.2, 0) is 20.0 Å². The van der Waals surface area contributed by atoms with Gasteiger partial charge in [0.1, 0.15) is 5.75 Å². The third kappa shape index (κ3) is 5.38. The molecule has 1 saturated heterocycles. The van der Waals surface area contributed by atoms with E-state index in [4.69, 9.17) is 4.74 Å². The summed E-state index contributed by atoms with van der Waals surface area (Å²) in [7, 11) is -6.03. The molecule has 0 atom stereocenters. The number of methoxy groups -OCH3 is 1. The van der Waals surface area contributed by atoms with Crippen molar-refractivity contribution in [2.24, 2.45) is 0 Å². The van der Waals surface area contributed by atoms with Crippen molar-refractivity contribution in [3.05, 3.63) is 77.9 Å². The summed E-state index contributed by atoms with van der Waals surface area (Å²) in [6, 6.07) is 16.9. The second-order valence-corrected chi connectivity index (χ2v) is 12.0. The SMILES string of the molecule is COc1ccc(S(=O)(=O)N2CCCC2)cc1NC(=O)c1ccc(NS(=O)(=O)c2ccccc2)c(C)c1. The number of carbonyl (C=O) groups excluding carboxylic acids is 1. The van der Waals surface area contributed by atoms with E-state index < -0.39 is 26.0 Å². The molecule has 0 saturated carbocycles. The quantitative estimate of drug-likeness (QED) is 0.457. The molecular formula is C25H27N3O6S2. The van der Waals surface area contributed by atoms with Crippen LogP contribution in [0.4, 0.5) is 11.4 Å². The van der Waals surface area contributed by atoms with Crippen LogP contribution in [0.2, 0.25) is 0 Å². The molecule has 0 bridgehead atoms. The molecule has 0 spiro atoms. The summed E-state index contributed by atoms with van der Waals surface area (Å²) in [5, 5.41) is 2.72. The number of anilines is 2. The Morgan fingerprint density at radius 3 is 2.19 bits per heavy atom. The number of benzene rings is 3. The van der Waals surface area contributed by atoms with Gasteiger partial charge in [-0.1, -0.05) is 18.2 Å². The van der Waals surface area contributed by atoms with Gasteiger partial charge in [-0.2, -0.15) is 4.31 Å². The van der Waals surface area contributed by atoms with Crippen LogP contribution in [0.15, 0.2) is 76.5 Å². The minimum absolute atomic E-state index is 0.0716. The summed E-state index contributed by atoms with van der Waals surface area (Å²) in [6.45, 7) is 2.62.